The number of nitrogens with one attached hydrogen (secondary N) is 2. The van der Waals surface area contributed by atoms with Gasteiger partial charge in [-0.1, -0.05) is 18.2 Å². The van der Waals surface area contributed by atoms with Crippen molar-refractivity contribution < 1.29 is 9.53 Å². The van der Waals surface area contributed by atoms with E-state index in [1.54, 1.807) is 7.11 Å². The summed E-state index contributed by atoms with van der Waals surface area (Å²) < 4.78 is 6.81. The molecule has 1 saturated carbocycles. The number of aromatic nitrogens is 3. The Morgan fingerprint density at radius 2 is 2.11 bits per heavy atom. The lowest BCUT2D eigenvalue weighted by Crippen LogP contribution is -2.31. The van der Waals surface area contributed by atoms with Crippen LogP contribution in [-0.4, -0.2) is 34.1 Å². The summed E-state index contributed by atoms with van der Waals surface area (Å²) in [5, 5.41) is 3.07. The molecule has 0 bridgehead atoms. The third-order valence-electron chi connectivity index (χ3n) is 4.83. The molecule has 144 valence electrons. The topological polar surface area (TPSA) is 106 Å². The summed E-state index contributed by atoms with van der Waals surface area (Å²) >= 11 is 0. The number of hydrogen-bond donors (Lipinski definition) is 2. The van der Waals surface area contributed by atoms with Gasteiger partial charge in [0, 0.05) is 18.8 Å². The first-order chi connectivity index (χ1) is 13.6. The van der Waals surface area contributed by atoms with Crippen molar-refractivity contribution in [3.8, 4) is 5.75 Å². The zero-order valence-electron chi connectivity index (χ0n) is 15.4. The van der Waals surface area contributed by atoms with Crippen molar-refractivity contribution in [2.75, 3.05) is 13.7 Å². The lowest BCUT2D eigenvalue weighted by molar-refractivity contribution is 0.0954. The Bertz CT molecular complexity index is 1160. The highest BCUT2D eigenvalue weighted by Crippen LogP contribution is 2.34. The van der Waals surface area contributed by atoms with Crippen LogP contribution in [0.5, 0.6) is 5.75 Å². The second-order valence-corrected chi connectivity index (χ2v) is 6.77. The zero-order chi connectivity index (χ0) is 19.7. The quantitative estimate of drug-likeness (QED) is 0.672. The van der Waals surface area contributed by atoms with Gasteiger partial charge in [0.25, 0.3) is 11.5 Å². The van der Waals surface area contributed by atoms with Gasteiger partial charge in [0.1, 0.15) is 11.4 Å². The number of carbonyl (C=O) groups is 1. The van der Waals surface area contributed by atoms with Crippen LogP contribution in [0.3, 0.4) is 0 Å². The molecule has 1 aliphatic rings. The number of nitrogens with zero attached hydrogens (tertiary/aromatic N) is 2. The van der Waals surface area contributed by atoms with Gasteiger partial charge in [-0.3, -0.25) is 19.1 Å². The molecule has 4 rings (SSSR count). The number of methoxy groups -OCH3 is 1. The van der Waals surface area contributed by atoms with Crippen LogP contribution in [0.4, 0.5) is 0 Å². The maximum absolute atomic E-state index is 12.5. The van der Waals surface area contributed by atoms with Crippen LogP contribution in [0.25, 0.3) is 11.0 Å². The third-order valence-corrected chi connectivity index (χ3v) is 4.83. The van der Waals surface area contributed by atoms with E-state index in [0.29, 0.717) is 18.6 Å². The number of aromatic amines is 1. The highest BCUT2D eigenvalue weighted by atomic mass is 16.5. The fourth-order valence-corrected chi connectivity index (χ4v) is 3.26. The van der Waals surface area contributed by atoms with Crippen molar-refractivity contribution in [1.82, 2.24) is 19.9 Å². The van der Waals surface area contributed by atoms with E-state index in [9.17, 15) is 14.4 Å². The van der Waals surface area contributed by atoms with E-state index in [2.05, 4.69) is 15.3 Å². The highest BCUT2D eigenvalue weighted by Gasteiger charge is 2.27. The number of carbonyl (C=O) groups excluding carboxylic acids is 1. The van der Waals surface area contributed by atoms with Crippen molar-refractivity contribution in [1.29, 1.82) is 0 Å². The number of rotatable bonds is 6. The van der Waals surface area contributed by atoms with Gasteiger partial charge in [-0.05, 0) is 37.0 Å². The fourth-order valence-electron chi connectivity index (χ4n) is 3.26. The predicted molar refractivity (Wildman–Crippen MR) is 104 cm³/mol. The number of fused-ring (bicyclic) bond motifs is 1. The van der Waals surface area contributed by atoms with Gasteiger partial charge < -0.3 is 10.1 Å². The Labute approximate surface area is 160 Å². The monoisotopic (exact) mass is 380 g/mol. The normalized spacial score (nSPS) is 13.5. The minimum Gasteiger partial charge on any atom is -0.496 e. The minimum absolute atomic E-state index is 0.0693. The summed E-state index contributed by atoms with van der Waals surface area (Å²) in [5.41, 5.74) is 0.599. The lowest BCUT2D eigenvalue weighted by atomic mass is 10.1. The molecule has 0 atom stereocenters. The predicted octanol–water partition coefficient (Wildman–Crippen LogP) is 1.40. The summed E-state index contributed by atoms with van der Waals surface area (Å²) in [5.74, 6) is 0.446. The third kappa shape index (κ3) is 3.40. The molecule has 0 saturated heterocycles. The minimum atomic E-state index is -0.534. The van der Waals surface area contributed by atoms with Gasteiger partial charge in [0.15, 0.2) is 0 Å². The molecule has 1 aliphatic carbocycles. The van der Waals surface area contributed by atoms with Gasteiger partial charge in [0.2, 0.25) is 0 Å². The second-order valence-electron chi connectivity index (χ2n) is 6.77. The molecule has 2 aromatic heterocycles. The smallest absolute Gasteiger partial charge is 0.330 e. The molecule has 3 aromatic rings. The summed E-state index contributed by atoms with van der Waals surface area (Å²) in [4.78, 5) is 43.3. The van der Waals surface area contributed by atoms with Gasteiger partial charge in [-0.2, -0.15) is 0 Å². The van der Waals surface area contributed by atoms with E-state index >= 15 is 0 Å². The van der Waals surface area contributed by atoms with E-state index in [1.165, 1.54) is 16.8 Å². The van der Waals surface area contributed by atoms with Crippen LogP contribution < -0.4 is 21.3 Å². The molecule has 2 N–H and O–H groups in total. The van der Waals surface area contributed by atoms with Crippen LogP contribution in [0, 0.1) is 0 Å². The van der Waals surface area contributed by atoms with Crippen LogP contribution in [-0.2, 0) is 6.42 Å². The van der Waals surface area contributed by atoms with E-state index in [1.807, 2.05) is 24.3 Å². The van der Waals surface area contributed by atoms with E-state index in [4.69, 9.17) is 4.74 Å². The molecule has 2 heterocycles. The van der Waals surface area contributed by atoms with Gasteiger partial charge in [-0.15, -0.1) is 0 Å². The molecule has 0 spiro atoms. The number of ether oxygens (including phenoxy) is 1. The van der Waals surface area contributed by atoms with Gasteiger partial charge >= 0.3 is 5.69 Å². The maximum Gasteiger partial charge on any atom is 0.330 e. The molecule has 0 radical (unpaired) electrons. The first kappa shape index (κ1) is 18.0. The first-order valence-corrected chi connectivity index (χ1v) is 9.13. The molecule has 1 aromatic carbocycles. The van der Waals surface area contributed by atoms with Gasteiger partial charge in [0.05, 0.1) is 18.1 Å². The highest BCUT2D eigenvalue weighted by molar-refractivity contribution is 5.96. The molecule has 8 heteroatoms. The van der Waals surface area contributed by atoms with Crippen molar-refractivity contribution in [3.05, 3.63) is 68.5 Å². The summed E-state index contributed by atoms with van der Waals surface area (Å²) in [6, 6.07) is 9.17. The Morgan fingerprint density at radius 1 is 1.32 bits per heavy atom. The summed E-state index contributed by atoms with van der Waals surface area (Å²) in [6.07, 6.45) is 3.78. The molecule has 8 nitrogen and oxygen atoms in total. The standard InChI is InChI=1S/C20H20N4O4/c1-28-16-5-3-2-4-12(16)8-9-21-18(25)13-10-15-17(22-11-13)24(14-6-7-14)20(27)23-19(15)26/h2-5,10-11,14H,6-9H2,1H3,(H,21,25)(H,23,26,27). The molecule has 0 unspecified atom stereocenters. The van der Waals surface area contributed by atoms with E-state index in [-0.39, 0.29) is 22.9 Å². The molecule has 0 aliphatic heterocycles. The fraction of sp³-hybridized carbons (Fsp3) is 0.300. The van der Waals surface area contributed by atoms with Crippen LogP contribution in [0.15, 0.2) is 46.1 Å². The molecule has 1 amide bonds. The molecule has 28 heavy (non-hydrogen) atoms. The van der Waals surface area contributed by atoms with Crippen LogP contribution in [0.2, 0.25) is 0 Å². The number of pyridine rings is 1. The van der Waals surface area contributed by atoms with Crippen LogP contribution in [0.1, 0.15) is 34.8 Å². The number of H-pyrrole nitrogens is 1. The SMILES string of the molecule is COc1ccccc1CCNC(=O)c1cnc2c(c1)c(=O)[nH]c(=O)n2C1CC1. The van der Waals surface area contributed by atoms with Gasteiger partial charge in [-0.25, -0.2) is 9.78 Å². The van der Waals surface area contributed by atoms with Crippen molar-refractivity contribution >= 4 is 16.9 Å². The number of benzene rings is 1. The number of para-hydroxylation sites is 1. The average molecular weight is 380 g/mol. The second kappa shape index (κ2) is 7.30. The van der Waals surface area contributed by atoms with E-state index < -0.39 is 11.2 Å². The van der Waals surface area contributed by atoms with Crippen molar-refractivity contribution in [3.63, 3.8) is 0 Å². The van der Waals surface area contributed by atoms with Crippen molar-refractivity contribution in [2.45, 2.75) is 25.3 Å². The first-order valence-electron chi connectivity index (χ1n) is 9.13. The Hall–Kier alpha value is -3.42. The Kier molecular flexibility index (Phi) is 4.68. The molecule has 1 fully saturated rings. The maximum atomic E-state index is 12.5. The van der Waals surface area contributed by atoms with E-state index in [0.717, 1.165) is 24.2 Å². The number of hydrogen-bond acceptors (Lipinski definition) is 5. The Balaban J connectivity index is 1.53. The molecular formula is C20H20N4O4. The number of amides is 1. The average Bonchev–Trinajstić information content (AvgIpc) is 3.53. The summed E-state index contributed by atoms with van der Waals surface area (Å²) in [6.45, 7) is 0.412. The lowest BCUT2D eigenvalue weighted by Gasteiger charge is -2.10. The molecular weight excluding hydrogens is 360 g/mol. The van der Waals surface area contributed by atoms with Crippen LogP contribution >= 0.6 is 0 Å². The summed E-state index contributed by atoms with van der Waals surface area (Å²) in [7, 11) is 1.61. The van der Waals surface area contributed by atoms with Crippen molar-refractivity contribution in [2.24, 2.45) is 0 Å². The zero-order valence-corrected chi connectivity index (χ0v) is 15.4. The Morgan fingerprint density at radius 3 is 2.86 bits per heavy atom. The largest absolute Gasteiger partial charge is 0.496 e.